The lowest BCUT2D eigenvalue weighted by Crippen LogP contribution is -2.46. The number of nitrogens with one attached hydrogen (secondary N) is 2. The van der Waals surface area contributed by atoms with Gasteiger partial charge in [0.05, 0.1) is 5.92 Å². The highest BCUT2D eigenvalue weighted by Gasteiger charge is 2.30. The number of nitrogen functional groups attached to an aromatic ring is 1. The summed E-state index contributed by atoms with van der Waals surface area (Å²) in [6.45, 7) is 2.47. The summed E-state index contributed by atoms with van der Waals surface area (Å²) in [5.74, 6) is 0.909. The van der Waals surface area contributed by atoms with Gasteiger partial charge in [0.25, 0.3) is 5.56 Å². The van der Waals surface area contributed by atoms with Gasteiger partial charge in [-0.3, -0.25) is 14.5 Å². The van der Waals surface area contributed by atoms with Crippen molar-refractivity contribution in [3.05, 3.63) is 22.2 Å². The van der Waals surface area contributed by atoms with Gasteiger partial charge in [-0.1, -0.05) is 12.8 Å². The number of hydrogen-bond donors (Lipinski definition) is 3. The van der Waals surface area contributed by atoms with Crippen LogP contribution in [-0.2, 0) is 11.2 Å². The lowest BCUT2D eigenvalue weighted by atomic mass is 9.95. The van der Waals surface area contributed by atoms with Gasteiger partial charge < -0.3 is 16.0 Å². The number of amides is 1. The number of aromatic nitrogens is 2. The number of nitrogens with two attached hydrogens (primary N) is 1. The van der Waals surface area contributed by atoms with Gasteiger partial charge in [-0.2, -0.15) is 0 Å². The average molecular weight is 333 g/mol. The molecule has 1 aromatic heterocycles. The van der Waals surface area contributed by atoms with Crippen molar-refractivity contribution in [2.75, 3.05) is 25.4 Å². The molecular formula is C17H27N5O2. The summed E-state index contributed by atoms with van der Waals surface area (Å²) in [7, 11) is 0. The number of hydrogen-bond acceptors (Lipinski definition) is 5. The Labute approximate surface area is 142 Å². The predicted octanol–water partition coefficient (Wildman–Crippen LogP) is 0.665. The average Bonchev–Trinajstić information content (AvgIpc) is 3.08. The van der Waals surface area contributed by atoms with Gasteiger partial charge in [0, 0.05) is 31.6 Å². The summed E-state index contributed by atoms with van der Waals surface area (Å²) in [5.41, 5.74) is 5.30. The Bertz CT molecular complexity index is 624. The van der Waals surface area contributed by atoms with Crippen LogP contribution in [0.25, 0.3) is 0 Å². The van der Waals surface area contributed by atoms with Crippen molar-refractivity contribution in [1.82, 2.24) is 20.2 Å². The molecule has 7 heteroatoms. The van der Waals surface area contributed by atoms with Crippen molar-refractivity contribution in [2.24, 2.45) is 5.92 Å². The maximum absolute atomic E-state index is 12.4. The van der Waals surface area contributed by atoms with E-state index in [0.29, 0.717) is 24.8 Å². The molecule has 4 N–H and O–H groups in total. The normalized spacial score (nSPS) is 22.6. The molecule has 1 amide bonds. The molecule has 0 radical (unpaired) electrons. The van der Waals surface area contributed by atoms with Crippen molar-refractivity contribution in [3.63, 3.8) is 0 Å². The Morgan fingerprint density at radius 3 is 2.88 bits per heavy atom. The first kappa shape index (κ1) is 17.0. The minimum absolute atomic E-state index is 0.0761. The third-order valence-corrected chi connectivity index (χ3v) is 5.14. The van der Waals surface area contributed by atoms with Crippen LogP contribution in [0.1, 0.15) is 44.3 Å². The van der Waals surface area contributed by atoms with E-state index in [1.165, 1.54) is 31.7 Å². The van der Waals surface area contributed by atoms with Crippen LogP contribution in [0.5, 0.6) is 0 Å². The fourth-order valence-electron chi connectivity index (χ4n) is 3.92. The summed E-state index contributed by atoms with van der Waals surface area (Å²) >= 11 is 0. The molecule has 2 heterocycles. The Balaban J connectivity index is 1.46. The maximum Gasteiger partial charge on any atom is 0.252 e. The molecule has 132 valence electrons. The molecule has 3 rings (SSSR count). The minimum Gasteiger partial charge on any atom is -0.383 e. The molecule has 1 aromatic rings. The minimum atomic E-state index is -0.261. The van der Waals surface area contributed by atoms with Crippen LogP contribution >= 0.6 is 0 Å². The molecule has 0 spiro atoms. The van der Waals surface area contributed by atoms with E-state index in [1.54, 1.807) is 0 Å². The smallest absolute Gasteiger partial charge is 0.252 e. The van der Waals surface area contributed by atoms with Gasteiger partial charge in [0.15, 0.2) is 0 Å². The number of likely N-dealkylation sites (tertiary alicyclic amines) is 1. The molecule has 0 aromatic carbocycles. The van der Waals surface area contributed by atoms with E-state index in [1.807, 2.05) is 0 Å². The summed E-state index contributed by atoms with van der Waals surface area (Å²) < 4.78 is 0. The molecule has 2 aliphatic rings. The molecule has 1 atom stereocenters. The Kier molecular flexibility index (Phi) is 5.50. The monoisotopic (exact) mass is 333 g/mol. The highest BCUT2D eigenvalue weighted by molar-refractivity contribution is 5.78. The first-order chi connectivity index (χ1) is 11.6. The topological polar surface area (TPSA) is 104 Å². The van der Waals surface area contributed by atoms with Crippen molar-refractivity contribution >= 4 is 11.7 Å². The number of carbonyl (C=O) groups excluding carboxylic acids is 1. The van der Waals surface area contributed by atoms with Crippen molar-refractivity contribution in [3.8, 4) is 0 Å². The fraction of sp³-hybridized carbons (Fsp3) is 0.706. The molecule has 1 saturated heterocycles. The quantitative estimate of drug-likeness (QED) is 0.734. The van der Waals surface area contributed by atoms with Crippen molar-refractivity contribution < 1.29 is 4.79 Å². The third kappa shape index (κ3) is 4.35. The summed E-state index contributed by atoms with van der Waals surface area (Å²) in [4.78, 5) is 33.0. The molecule has 24 heavy (non-hydrogen) atoms. The van der Waals surface area contributed by atoms with Crippen LogP contribution < -0.4 is 16.6 Å². The highest BCUT2D eigenvalue weighted by atomic mass is 16.2. The van der Waals surface area contributed by atoms with Gasteiger partial charge in [0.2, 0.25) is 5.91 Å². The molecule has 2 fully saturated rings. The van der Waals surface area contributed by atoms with E-state index in [9.17, 15) is 9.59 Å². The predicted molar refractivity (Wildman–Crippen MR) is 92.5 cm³/mol. The fourth-order valence-corrected chi connectivity index (χ4v) is 3.92. The second-order valence-electron chi connectivity index (χ2n) is 6.93. The first-order valence-electron chi connectivity index (χ1n) is 8.99. The number of anilines is 1. The molecular weight excluding hydrogens is 306 g/mol. The second-order valence-corrected chi connectivity index (χ2v) is 6.93. The van der Waals surface area contributed by atoms with E-state index >= 15 is 0 Å². The number of piperidine rings is 1. The van der Waals surface area contributed by atoms with Crippen LogP contribution in [0.4, 0.5) is 5.82 Å². The van der Waals surface area contributed by atoms with E-state index < -0.39 is 0 Å². The standard InChI is InChI=1S/C17H27N5O2/c18-14-10-16(23)21-15(20-14)7-8-19-17(24)12-4-3-9-22(11-12)13-5-1-2-6-13/h10,12-13H,1-9,11H2,(H,19,24)(H3,18,20,21,23). The first-order valence-corrected chi connectivity index (χ1v) is 8.99. The van der Waals surface area contributed by atoms with Crippen LogP contribution in [0.15, 0.2) is 10.9 Å². The zero-order valence-electron chi connectivity index (χ0n) is 14.1. The molecule has 1 aliphatic heterocycles. The molecule has 1 unspecified atom stereocenters. The van der Waals surface area contributed by atoms with E-state index in [0.717, 1.165) is 25.9 Å². The highest BCUT2D eigenvalue weighted by Crippen LogP contribution is 2.27. The third-order valence-electron chi connectivity index (χ3n) is 5.14. The second kappa shape index (κ2) is 7.79. The Morgan fingerprint density at radius 1 is 1.33 bits per heavy atom. The maximum atomic E-state index is 12.4. The summed E-state index contributed by atoms with van der Waals surface area (Å²) in [5, 5.41) is 2.98. The lowest BCUT2D eigenvalue weighted by Gasteiger charge is -2.36. The van der Waals surface area contributed by atoms with Gasteiger partial charge in [0.1, 0.15) is 11.6 Å². The van der Waals surface area contributed by atoms with E-state index in [-0.39, 0.29) is 23.2 Å². The van der Waals surface area contributed by atoms with Gasteiger partial charge in [-0.25, -0.2) is 4.98 Å². The number of nitrogens with zero attached hydrogens (tertiary/aromatic N) is 2. The molecule has 0 bridgehead atoms. The number of aromatic amines is 1. The van der Waals surface area contributed by atoms with Gasteiger partial charge in [-0.15, -0.1) is 0 Å². The van der Waals surface area contributed by atoms with Crippen LogP contribution in [0, 0.1) is 5.92 Å². The lowest BCUT2D eigenvalue weighted by molar-refractivity contribution is -0.127. The Morgan fingerprint density at radius 2 is 2.12 bits per heavy atom. The van der Waals surface area contributed by atoms with Crippen LogP contribution in [0.3, 0.4) is 0 Å². The molecule has 7 nitrogen and oxygen atoms in total. The Hall–Kier alpha value is -1.89. The largest absolute Gasteiger partial charge is 0.383 e. The number of carbonyl (C=O) groups is 1. The van der Waals surface area contributed by atoms with Gasteiger partial charge in [-0.05, 0) is 32.2 Å². The number of rotatable bonds is 5. The number of H-pyrrole nitrogens is 1. The zero-order chi connectivity index (χ0) is 16.9. The van der Waals surface area contributed by atoms with Crippen molar-refractivity contribution in [1.29, 1.82) is 0 Å². The van der Waals surface area contributed by atoms with Gasteiger partial charge >= 0.3 is 0 Å². The molecule has 1 aliphatic carbocycles. The summed E-state index contributed by atoms with van der Waals surface area (Å²) in [6, 6.07) is 1.93. The summed E-state index contributed by atoms with van der Waals surface area (Å²) in [6.07, 6.45) is 7.74. The zero-order valence-corrected chi connectivity index (χ0v) is 14.1. The van der Waals surface area contributed by atoms with Crippen molar-refractivity contribution in [2.45, 2.75) is 51.0 Å². The van der Waals surface area contributed by atoms with E-state index in [2.05, 4.69) is 20.2 Å². The van der Waals surface area contributed by atoms with Crippen LogP contribution in [-0.4, -0.2) is 46.5 Å². The van der Waals surface area contributed by atoms with E-state index in [4.69, 9.17) is 5.73 Å². The van der Waals surface area contributed by atoms with Crippen LogP contribution in [0.2, 0.25) is 0 Å². The molecule has 1 saturated carbocycles. The SMILES string of the molecule is Nc1cc(=O)[nH]c(CCNC(=O)C2CCCN(C3CCCC3)C2)n1.